The van der Waals surface area contributed by atoms with Crippen LogP contribution in [0.25, 0.3) is 11.4 Å². The van der Waals surface area contributed by atoms with Gasteiger partial charge in [-0.15, -0.1) is 0 Å². The van der Waals surface area contributed by atoms with Crippen molar-refractivity contribution in [3.63, 3.8) is 0 Å². The lowest BCUT2D eigenvalue weighted by atomic mass is 10.00. The van der Waals surface area contributed by atoms with Crippen molar-refractivity contribution in [2.24, 2.45) is 9.98 Å². The van der Waals surface area contributed by atoms with Gasteiger partial charge in [-0.3, -0.25) is 19.7 Å². The molecule has 2 aliphatic heterocycles. The zero-order valence-corrected chi connectivity index (χ0v) is 35.5. The van der Waals surface area contributed by atoms with E-state index in [9.17, 15) is 17.6 Å². The molecule has 0 saturated heterocycles. The quantitative estimate of drug-likeness (QED) is 0.128. The largest absolute Gasteiger partial charge is 0.479 e. The summed E-state index contributed by atoms with van der Waals surface area (Å²) in [6.45, 7) is 7.38. The lowest BCUT2D eigenvalue weighted by Crippen LogP contribution is -2.38. The maximum absolute atomic E-state index is 13.3. The van der Waals surface area contributed by atoms with Crippen LogP contribution in [0.15, 0.2) is 95.7 Å². The number of halogens is 6. The van der Waals surface area contributed by atoms with E-state index in [-0.39, 0.29) is 21.2 Å². The van der Waals surface area contributed by atoms with Crippen LogP contribution in [0.1, 0.15) is 83.8 Å². The van der Waals surface area contributed by atoms with Gasteiger partial charge >= 0.3 is 0 Å². The van der Waals surface area contributed by atoms with Crippen molar-refractivity contribution < 1.29 is 36.7 Å². The van der Waals surface area contributed by atoms with Gasteiger partial charge in [-0.05, 0) is 87.4 Å². The third-order valence-electron chi connectivity index (χ3n) is 9.83. The van der Waals surface area contributed by atoms with Gasteiger partial charge in [0, 0.05) is 33.6 Å². The lowest BCUT2D eigenvalue weighted by Gasteiger charge is -2.28. The van der Waals surface area contributed by atoms with Crippen LogP contribution < -0.4 is 20.4 Å². The third kappa shape index (κ3) is 9.52. The summed E-state index contributed by atoms with van der Waals surface area (Å²) in [5.41, 5.74) is 10.4. The molecule has 6 aromatic rings. The van der Waals surface area contributed by atoms with Crippen LogP contribution in [0.3, 0.4) is 0 Å². The van der Waals surface area contributed by atoms with Gasteiger partial charge in [-0.2, -0.15) is 0 Å². The summed E-state index contributed by atoms with van der Waals surface area (Å²) in [5.74, 6) is 1.48. The number of nitrogens with zero attached hydrogens (tertiary/aromatic N) is 8. The van der Waals surface area contributed by atoms with Gasteiger partial charge in [-0.25, -0.2) is 48.5 Å². The molecular weight excluding hydrogens is 855 g/mol. The Labute approximate surface area is 363 Å². The van der Waals surface area contributed by atoms with Crippen molar-refractivity contribution in [2.75, 3.05) is 14.2 Å². The Kier molecular flexibility index (Phi) is 13.4. The number of rotatable bonds is 10. The molecule has 0 aliphatic carbocycles. The van der Waals surface area contributed by atoms with Crippen molar-refractivity contribution in [3.05, 3.63) is 141 Å². The number of benzene rings is 2. The normalized spacial score (nSPS) is 18.6. The fourth-order valence-electron chi connectivity index (χ4n) is 6.65. The van der Waals surface area contributed by atoms with Gasteiger partial charge < -0.3 is 18.6 Å². The molecule has 2 aliphatic rings. The number of methoxy groups -OCH3 is 2. The van der Waals surface area contributed by atoms with Crippen LogP contribution in [-0.2, 0) is 9.68 Å². The molecule has 8 rings (SSSR count). The molecule has 0 fully saturated rings. The van der Waals surface area contributed by atoms with Crippen LogP contribution in [0.4, 0.5) is 17.6 Å². The van der Waals surface area contributed by atoms with E-state index in [0.717, 1.165) is 11.4 Å². The Bertz CT molecular complexity index is 2450. The molecule has 0 unspecified atom stereocenters. The molecule has 2 N–H and O–H groups in total. The number of ether oxygens (including phenoxy) is 2. The molecular formula is C42H40Cl2F4N10O4. The number of hydrogen-bond acceptors (Lipinski definition) is 12. The van der Waals surface area contributed by atoms with E-state index >= 15 is 0 Å². The van der Waals surface area contributed by atoms with Crippen LogP contribution in [0, 0.1) is 13.8 Å². The highest BCUT2D eigenvalue weighted by atomic mass is 35.5. The summed E-state index contributed by atoms with van der Waals surface area (Å²) in [4.78, 5) is 38.1. The Morgan fingerprint density at radius 3 is 1.37 bits per heavy atom. The standard InChI is InChI=1S/2C21H20ClF2N5O2/c2*1-11-9-29(10-25-11)17-7-6-16(26-21(17)30-3)20-27-18(12(2)31-28-20)13-4-5-15(22)14(8-13)19(23)24/h2*4-10,12,18-19H,1-3H3,(H,27,28)/t2*12-,18-/m11/s1. The van der Waals surface area contributed by atoms with Gasteiger partial charge in [0.15, 0.2) is 11.7 Å². The van der Waals surface area contributed by atoms with Gasteiger partial charge in [-0.1, -0.05) is 35.3 Å². The highest BCUT2D eigenvalue weighted by Crippen LogP contribution is 2.36. The maximum Gasteiger partial charge on any atom is 0.265 e. The molecule has 0 spiro atoms. The lowest BCUT2D eigenvalue weighted by molar-refractivity contribution is -0.00490. The van der Waals surface area contributed by atoms with Gasteiger partial charge in [0.2, 0.25) is 11.8 Å². The number of imidazole rings is 2. The number of amidine groups is 2. The van der Waals surface area contributed by atoms with E-state index in [2.05, 4.69) is 40.9 Å². The fourth-order valence-corrected chi connectivity index (χ4v) is 7.05. The molecule has 14 nitrogen and oxygen atoms in total. The monoisotopic (exact) mass is 894 g/mol. The Hall–Kier alpha value is -6.08. The van der Waals surface area contributed by atoms with E-state index < -0.39 is 37.1 Å². The number of aromatic nitrogens is 6. The second-order valence-corrected chi connectivity index (χ2v) is 15.0. The summed E-state index contributed by atoms with van der Waals surface area (Å²) in [7, 11) is 3.05. The van der Waals surface area contributed by atoms with Crippen LogP contribution in [-0.4, -0.2) is 67.2 Å². The van der Waals surface area contributed by atoms with E-state index in [1.54, 1.807) is 50.8 Å². The van der Waals surface area contributed by atoms with Crippen LogP contribution >= 0.6 is 23.2 Å². The number of aryl methyl sites for hydroxylation is 2. The first kappa shape index (κ1) is 44.0. The number of nitrogens with one attached hydrogen (secondary N) is 2. The minimum Gasteiger partial charge on any atom is -0.479 e. The predicted octanol–water partition coefficient (Wildman–Crippen LogP) is 9.17. The van der Waals surface area contributed by atoms with Crippen LogP contribution in [0.5, 0.6) is 11.8 Å². The van der Waals surface area contributed by atoms with E-state index in [0.29, 0.717) is 57.3 Å². The average molecular weight is 896 g/mol. The first-order valence-electron chi connectivity index (χ1n) is 19.0. The van der Waals surface area contributed by atoms with Crippen LogP contribution in [0.2, 0.25) is 10.0 Å². The molecule has 6 heterocycles. The second kappa shape index (κ2) is 18.9. The third-order valence-corrected chi connectivity index (χ3v) is 10.5. The summed E-state index contributed by atoms with van der Waals surface area (Å²) in [6, 6.07) is 15.1. The van der Waals surface area contributed by atoms with E-state index in [1.165, 1.54) is 38.5 Å². The summed E-state index contributed by atoms with van der Waals surface area (Å²) >= 11 is 11.8. The fraction of sp³-hybridized carbons (Fsp3) is 0.286. The minimum atomic E-state index is -2.68. The average Bonchev–Trinajstić information content (AvgIpc) is 3.91. The molecule has 0 saturated carbocycles. The number of aliphatic imine (C=N–C) groups is 2. The topological polar surface area (TPSA) is 147 Å². The van der Waals surface area contributed by atoms with Crippen molar-refractivity contribution >= 4 is 34.9 Å². The van der Waals surface area contributed by atoms with Crippen molar-refractivity contribution in [2.45, 2.75) is 64.8 Å². The maximum atomic E-state index is 13.3. The second-order valence-electron chi connectivity index (χ2n) is 14.2. The minimum absolute atomic E-state index is 0.0159. The summed E-state index contributed by atoms with van der Waals surface area (Å²) in [6.07, 6.45) is 0.906. The number of hydroxylamine groups is 2. The number of hydrogen-bond donors (Lipinski definition) is 2. The molecule has 4 aromatic heterocycles. The SMILES string of the molecule is COc1nc(C2=N[C@@H](c3ccc(Cl)c(C(F)F)c3)[C@@H](C)ON2)ccc1-n1cnc(C)c1.COc1nc(C2=N[C@@H](c3ccc(Cl)c(C(F)F)c3)[C@@H](C)ON2)ccc1-n1cnc(C)c1. The van der Waals surface area contributed by atoms with Gasteiger partial charge in [0.1, 0.15) is 47.1 Å². The summed E-state index contributed by atoms with van der Waals surface area (Å²) in [5, 5.41) is 0.0318. The first-order valence-corrected chi connectivity index (χ1v) is 19.8. The van der Waals surface area contributed by atoms with Gasteiger partial charge in [0.05, 0.1) is 38.3 Å². The number of alkyl halides is 4. The molecule has 2 aromatic carbocycles. The van der Waals surface area contributed by atoms with Gasteiger partial charge in [0.25, 0.3) is 12.9 Å². The molecule has 0 radical (unpaired) electrons. The number of pyridine rings is 2. The van der Waals surface area contributed by atoms with E-state index in [1.807, 2.05) is 47.5 Å². The molecule has 0 amide bonds. The van der Waals surface area contributed by atoms with E-state index in [4.69, 9.17) is 42.4 Å². The van der Waals surface area contributed by atoms with Crippen molar-refractivity contribution in [1.82, 2.24) is 40.0 Å². The molecule has 62 heavy (non-hydrogen) atoms. The zero-order chi connectivity index (χ0) is 44.2. The molecule has 0 bridgehead atoms. The highest BCUT2D eigenvalue weighted by Gasteiger charge is 2.30. The Morgan fingerprint density at radius 2 is 1.03 bits per heavy atom. The Morgan fingerprint density at radius 1 is 0.629 bits per heavy atom. The smallest absolute Gasteiger partial charge is 0.265 e. The van der Waals surface area contributed by atoms with Crippen molar-refractivity contribution in [3.8, 4) is 23.1 Å². The highest BCUT2D eigenvalue weighted by molar-refractivity contribution is 6.31. The molecule has 20 heteroatoms. The van der Waals surface area contributed by atoms with Crippen molar-refractivity contribution in [1.29, 1.82) is 0 Å². The molecule has 324 valence electrons. The molecule has 4 atom stereocenters. The Balaban J connectivity index is 0.000000186. The zero-order valence-electron chi connectivity index (χ0n) is 34.0. The summed E-state index contributed by atoms with van der Waals surface area (Å²) < 4.78 is 67.6. The predicted molar refractivity (Wildman–Crippen MR) is 224 cm³/mol. The first-order chi connectivity index (χ1) is 29.7.